The Morgan fingerprint density at radius 1 is 1.00 bits per heavy atom. The lowest BCUT2D eigenvalue weighted by Crippen LogP contribution is -2.21. The van der Waals surface area contributed by atoms with E-state index in [1.54, 1.807) is 35.0 Å². The second-order valence-corrected chi connectivity index (χ2v) is 7.58. The van der Waals surface area contributed by atoms with Crippen molar-refractivity contribution in [2.45, 2.75) is 10.9 Å². The molecule has 0 N–H and O–H groups in total. The Hall–Kier alpha value is -2.34. The Kier molecular flexibility index (Phi) is 5.16. The van der Waals surface area contributed by atoms with Gasteiger partial charge in [0, 0.05) is 17.0 Å². The predicted molar refractivity (Wildman–Crippen MR) is 111 cm³/mol. The Morgan fingerprint density at radius 3 is 2.63 bits per heavy atom. The highest BCUT2D eigenvalue weighted by molar-refractivity contribution is 7.98. The molecule has 27 heavy (non-hydrogen) atoms. The molecule has 0 amide bonds. The average Bonchev–Trinajstić information content (AvgIpc) is 2.68. The van der Waals surface area contributed by atoms with E-state index in [-0.39, 0.29) is 5.56 Å². The molecule has 0 unspecified atom stereocenters. The van der Waals surface area contributed by atoms with Crippen LogP contribution in [0.5, 0.6) is 0 Å². The van der Waals surface area contributed by atoms with Crippen LogP contribution in [0.4, 0.5) is 0 Å². The van der Waals surface area contributed by atoms with E-state index in [2.05, 4.69) is 4.98 Å². The van der Waals surface area contributed by atoms with Crippen molar-refractivity contribution in [2.75, 3.05) is 0 Å². The van der Waals surface area contributed by atoms with E-state index in [1.807, 2.05) is 36.4 Å². The van der Waals surface area contributed by atoms with Gasteiger partial charge in [-0.2, -0.15) is 0 Å². The number of para-hydroxylation sites is 1. The Morgan fingerprint density at radius 2 is 1.85 bits per heavy atom. The number of hydrogen-bond donors (Lipinski definition) is 0. The number of hydrogen-bond acceptors (Lipinski definition) is 4. The van der Waals surface area contributed by atoms with Gasteiger partial charge in [0.05, 0.1) is 16.6 Å². The molecule has 2 aromatic heterocycles. The normalized spacial score (nSPS) is 11.0. The molecular weight excluding hydrogens is 401 g/mol. The van der Waals surface area contributed by atoms with Gasteiger partial charge in [0.15, 0.2) is 5.16 Å². The number of benzene rings is 2. The first-order valence-electron chi connectivity index (χ1n) is 8.13. The van der Waals surface area contributed by atoms with Crippen molar-refractivity contribution in [3.05, 3.63) is 93.0 Å². The summed E-state index contributed by atoms with van der Waals surface area (Å²) >= 11 is 13.5. The van der Waals surface area contributed by atoms with Crippen molar-refractivity contribution >= 4 is 45.9 Å². The van der Waals surface area contributed by atoms with Gasteiger partial charge in [-0.1, -0.05) is 59.2 Å². The van der Waals surface area contributed by atoms with Gasteiger partial charge < -0.3 is 0 Å². The number of pyridine rings is 1. The number of nitrogens with zero attached hydrogens (tertiary/aromatic N) is 3. The molecule has 0 spiro atoms. The highest BCUT2D eigenvalue weighted by atomic mass is 35.5. The first kappa shape index (κ1) is 18.0. The van der Waals surface area contributed by atoms with Gasteiger partial charge in [-0.15, -0.1) is 0 Å². The molecule has 0 atom stereocenters. The number of rotatable bonds is 4. The minimum atomic E-state index is -0.125. The van der Waals surface area contributed by atoms with Crippen molar-refractivity contribution in [2.24, 2.45) is 0 Å². The lowest BCUT2D eigenvalue weighted by Gasteiger charge is -2.13. The molecule has 7 heteroatoms. The van der Waals surface area contributed by atoms with Crippen LogP contribution in [-0.4, -0.2) is 14.5 Å². The number of aromatic nitrogens is 3. The molecule has 0 aliphatic rings. The Bertz CT molecular complexity index is 1180. The lowest BCUT2D eigenvalue weighted by molar-refractivity contribution is 0.819. The van der Waals surface area contributed by atoms with Gasteiger partial charge in [-0.05, 0) is 42.0 Å². The third-order valence-corrected chi connectivity index (χ3v) is 5.44. The van der Waals surface area contributed by atoms with E-state index < -0.39 is 0 Å². The molecule has 2 heterocycles. The number of thioether (sulfide) groups is 1. The zero-order valence-corrected chi connectivity index (χ0v) is 16.3. The SMILES string of the molecule is O=c1c2ccccc2nc(SCc2ccc(Cl)nc2)n1-c1cccc(Cl)c1. The summed E-state index contributed by atoms with van der Waals surface area (Å²) in [5, 5.41) is 2.17. The van der Waals surface area contributed by atoms with Gasteiger partial charge in [0.2, 0.25) is 0 Å². The van der Waals surface area contributed by atoms with Crippen LogP contribution in [0, 0.1) is 0 Å². The molecule has 0 bridgehead atoms. The summed E-state index contributed by atoms with van der Waals surface area (Å²) in [5.74, 6) is 0.607. The smallest absolute Gasteiger partial charge is 0.266 e. The molecular formula is C20H13Cl2N3OS. The zero-order valence-electron chi connectivity index (χ0n) is 14.0. The van der Waals surface area contributed by atoms with Crippen LogP contribution in [0.1, 0.15) is 5.56 Å². The molecule has 4 rings (SSSR count). The third-order valence-electron chi connectivity index (χ3n) is 3.97. The molecule has 2 aromatic carbocycles. The van der Waals surface area contributed by atoms with Crippen molar-refractivity contribution < 1.29 is 0 Å². The molecule has 4 aromatic rings. The van der Waals surface area contributed by atoms with E-state index in [0.29, 0.717) is 37.7 Å². The summed E-state index contributed by atoms with van der Waals surface area (Å²) in [4.78, 5) is 22.0. The second kappa shape index (κ2) is 7.72. The van der Waals surface area contributed by atoms with Crippen molar-refractivity contribution in [1.29, 1.82) is 0 Å². The maximum absolute atomic E-state index is 13.2. The van der Waals surface area contributed by atoms with E-state index in [0.717, 1.165) is 5.56 Å². The van der Waals surface area contributed by atoms with Crippen LogP contribution in [0.2, 0.25) is 10.2 Å². The summed E-state index contributed by atoms with van der Waals surface area (Å²) in [7, 11) is 0. The minimum Gasteiger partial charge on any atom is -0.268 e. The van der Waals surface area contributed by atoms with E-state index >= 15 is 0 Å². The fraction of sp³-hybridized carbons (Fsp3) is 0.0500. The van der Waals surface area contributed by atoms with Crippen LogP contribution in [0.15, 0.2) is 76.8 Å². The number of halogens is 2. The van der Waals surface area contributed by atoms with Crippen molar-refractivity contribution in [3.63, 3.8) is 0 Å². The quantitative estimate of drug-likeness (QED) is 0.256. The van der Waals surface area contributed by atoms with Gasteiger partial charge in [-0.3, -0.25) is 9.36 Å². The van der Waals surface area contributed by atoms with E-state index in [1.165, 1.54) is 11.8 Å². The van der Waals surface area contributed by atoms with Gasteiger partial charge >= 0.3 is 0 Å². The molecule has 0 radical (unpaired) electrons. The second-order valence-electron chi connectivity index (χ2n) is 5.81. The van der Waals surface area contributed by atoms with Crippen LogP contribution < -0.4 is 5.56 Å². The van der Waals surface area contributed by atoms with Crippen molar-refractivity contribution in [3.8, 4) is 5.69 Å². The van der Waals surface area contributed by atoms with Crippen LogP contribution in [-0.2, 0) is 5.75 Å². The fourth-order valence-electron chi connectivity index (χ4n) is 2.69. The minimum absolute atomic E-state index is 0.125. The highest BCUT2D eigenvalue weighted by Crippen LogP contribution is 2.25. The van der Waals surface area contributed by atoms with Crippen LogP contribution >= 0.6 is 35.0 Å². The summed E-state index contributed by atoms with van der Waals surface area (Å²) in [5.41, 5.74) is 2.21. The summed E-state index contributed by atoms with van der Waals surface area (Å²) < 4.78 is 1.60. The zero-order chi connectivity index (χ0) is 18.8. The molecule has 0 saturated carbocycles. The molecule has 0 fully saturated rings. The monoisotopic (exact) mass is 413 g/mol. The van der Waals surface area contributed by atoms with E-state index in [9.17, 15) is 4.79 Å². The molecule has 0 aliphatic carbocycles. The molecule has 0 aliphatic heterocycles. The molecule has 0 saturated heterocycles. The van der Waals surface area contributed by atoms with Crippen molar-refractivity contribution in [1.82, 2.24) is 14.5 Å². The first-order chi connectivity index (χ1) is 13.1. The summed E-state index contributed by atoms with van der Waals surface area (Å²) in [6, 6.07) is 18.2. The average molecular weight is 414 g/mol. The maximum Gasteiger partial charge on any atom is 0.266 e. The standard InChI is InChI=1S/C20H13Cl2N3OS/c21-14-4-3-5-15(10-14)25-19(26)16-6-1-2-7-17(16)24-20(25)27-12-13-8-9-18(22)23-11-13/h1-11H,12H2. The predicted octanol–water partition coefficient (Wildman–Crippen LogP) is 5.38. The van der Waals surface area contributed by atoms with Gasteiger partial charge in [0.25, 0.3) is 5.56 Å². The fourth-order valence-corrected chi connectivity index (χ4v) is 3.93. The number of fused-ring (bicyclic) bond motifs is 1. The lowest BCUT2D eigenvalue weighted by atomic mass is 10.2. The van der Waals surface area contributed by atoms with E-state index in [4.69, 9.17) is 28.2 Å². The Balaban J connectivity index is 1.83. The highest BCUT2D eigenvalue weighted by Gasteiger charge is 2.13. The first-order valence-corrected chi connectivity index (χ1v) is 9.87. The largest absolute Gasteiger partial charge is 0.268 e. The summed E-state index contributed by atoms with van der Waals surface area (Å²) in [6.45, 7) is 0. The van der Waals surface area contributed by atoms with Gasteiger partial charge in [0.1, 0.15) is 5.15 Å². The third kappa shape index (κ3) is 3.86. The topological polar surface area (TPSA) is 47.8 Å². The summed E-state index contributed by atoms with van der Waals surface area (Å²) in [6.07, 6.45) is 1.72. The van der Waals surface area contributed by atoms with Gasteiger partial charge in [-0.25, -0.2) is 9.97 Å². The van der Waals surface area contributed by atoms with Crippen LogP contribution in [0.3, 0.4) is 0 Å². The van der Waals surface area contributed by atoms with Crippen LogP contribution in [0.25, 0.3) is 16.6 Å². The Labute approximate surface area is 169 Å². The molecule has 4 nitrogen and oxygen atoms in total. The maximum atomic E-state index is 13.2. The molecule has 134 valence electrons.